The van der Waals surface area contributed by atoms with E-state index in [1.54, 1.807) is 11.3 Å². The van der Waals surface area contributed by atoms with E-state index in [0.29, 0.717) is 24.3 Å². The molecule has 0 amide bonds. The summed E-state index contributed by atoms with van der Waals surface area (Å²) in [6, 6.07) is 6.05. The summed E-state index contributed by atoms with van der Waals surface area (Å²) in [6.45, 7) is 8.05. The molecule has 1 heterocycles. The first-order valence-corrected chi connectivity index (χ1v) is 10.9. The topological polar surface area (TPSA) is 66.4 Å². The Morgan fingerprint density at radius 3 is 2.28 bits per heavy atom. The third-order valence-corrected chi connectivity index (χ3v) is 7.54. The Kier molecular flexibility index (Phi) is 6.79. The number of thiophene rings is 1. The van der Waals surface area contributed by atoms with Gasteiger partial charge in [-0.25, -0.2) is 13.1 Å². The van der Waals surface area contributed by atoms with Gasteiger partial charge in [0.2, 0.25) is 10.0 Å². The molecule has 25 heavy (non-hydrogen) atoms. The molecule has 138 valence electrons. The monoisotopic (exact) mass is 381 g/mol. The number of aliphatic hydroxyl groups excluding tert-OH is 1. The second-order valence-corrected chi connectivity index (χ2v) is 9.18. The number of hydrogen-bond donors (Lipinski definition) is 2. The molecule has 2 rings (SSSR count). The number of aryl methyl sites for hydroxylation is 2. The molecule has 0 bridgehead atoms. The van der Waals surface area contributed by atoms with Gasteiger partial charge >= 0.3 is 0 Å². The van der Waals surface area contributed by atoms with Crippen molar-refractivity contribution >= 4 is 21.4 Å². The minimum Gasteiger partial charge on any atom is -0.396 e. The number of aliphatic hydroxyl groups is 1. The fourth-order valence-electron chi connectivity index (χ4n) is 3.13. The second kappa shape index (κ2) is 8.45. The minimum absolute atomic E-state index is 0.102. The van der Waals surface area contributed by atoms with Gasteiger partial charge in [-0.15, -0.1) is 11.3 Å². The summed E-state index contributed by atoms with van der Waals surface area (Å²) in [7, 11) is -3.56. The van der Waals surface area contributed by atoms with Crippen LogP contribution in [0.25, 0.3) is 0 Å². The predicted molar refractivity (Wildman–Crippen MR) is 104 cm³/mol. The van der Waals surface area contributed by atoms with Gasteiger partial charge in [0.25, 0.3) is 0 Å². The van der Waals surface area contributed by atoms with E-state index in [1.807, 2.05) is 51.3 Å². The molecule has 1 aromatic carbocycles. The van der Waals surface area contributed by atoms with Crippen LogP contribution in [0.5, 0.6) is 0 Å². The Morgan fingerprint density at radius 2 is 1.76 bits per heavy atom. The lowest BCUT2D eigenvalue weighted by Gasteiger charge is -2.18. The lowest BCUT2D eigenvalue weighted by atomic mass is 10.0. The van der Waals surface area contributed by atoms with E-state index in [-0.39, 0.29) is 12.5 Å². The summed E-state index contributed by atoms with van der Waals surface area (Å²) < 4.78 is 28.4. The molecule has 0 fully saturated rings. The maximum atomic E-state index is 12.8. The van der Waals surface area contributed by atoms with Crippen LogP contribution in [-0.2, 0) is 10.0 Å². The fourth-order valence-corrected chi connectivity index (χ4v) is 5.69. The lowest BCUT2D eigenvalue weighted by Crippen LogP contribution is -2.27. The van der Waals surface area contributed by atoms with Gasteiger partial charge in [-0.05, 0) is 80.2 Å². The zero-order valence-electron chi connectivity index (χ0n) is 15.3. The molecular weight excluding hydrogens is 354 g/mol. The van der Waals surface area contributed by atoms with Crippen LogP contribution in [0.15, 0.2) is 28.5 Å². The van der Waals surface area contributed by atoms with Crippen molar-refractivity contribution in [3.63, 3.8) is 0 Å². The van der Waals surface area contributed by atoms with E-state index in [9.17, 15) is 13.5 Å². The average molecular weight is 382 g/mol. The summed E-state index contributed by atoms with van der Waals surface area (Å²) in [5.74, 6) is 0.175. The quantitative estimate of drug-likeness (QED) is 0.730. The maximum Gasteiger partial charge on any atom is 0.241 e. The van der Waals surface area contributed by atoms with Crippen molar-refractivity contribution in [3.8, 4) is 0 Å². The normalized spacial score (nSPS) is 13.2. The molecule has 0 radical (unpaired) electrons. The van der Waals surface area contributed by atoms with Crippen molar-refractivity contribution in [2.75, 3.05) is 13.2 Å². The van der Waals surface area contributed by atoms with E-state index in [1.165, 1.54) is 4.88 Å². The number of sulfonamides is 1. The molecule has 0 aliphatic carbocycles. The summed E-state index contributed by atoms with van der Waals surface area (Å²) in [5.41, 5.74) is 3.59. The molecule has 1 aromatic heterocycles. The maximum absolute atomic E-state index is 12.8. The fraction of sp³-hybridized carbons (Fsp3) is 0.474. The third kappa shape index (κ3) is 4.70. The molecule has 4 nitrogen and oxygen atoms in total. The van der Waals surface area contributed by atoms with Gasteiger partial charge < -0.3 is 5.11 Å². The van der Waals surface area contributed by atoms with Crippen molar-refractivity contribution in [2.45, 2.75) is 51.3 Å². The molecular formula is C19H27NO3S2. The van der Waals surface area contributed by atoms with Crippen LogP contribution in [0.1, 0.15) is 45.9 Å². The smallest absolute Gasteiger partial charge is 0.241 e. The summed E-state index contributed by atoms with van der Waals surface area (Å²) in [5, 5.41) is 11.3. The van der Waals surface area contributed by atoms with Crippen LogP contribution in [0, 0.1) is 27.7 Å². The highest BCUT2D eigenvalue weighted by molar-refractivity contribution is 7.89. The van der Waals surface area contributed by atoms with Crippen molar-refractivity contribution < 1.29 is 13.5 Å². The highest BCUT2D eigenvalue weighted by atomic mass is 32.2. The van der Waals surface area contributed by atoms with Crippen LogP contribution >= 0.6 is 11.3 Å². The van der Waals surface area contributed by atoms with Crippen LogP contribution in [0.3, 0.4) is 0 Å². The van der Waals surface area contributed by atoms with Crippen molar-refractivity contribution in [1.29, 1.82) is 0 Å². The highest BCUT2D eigenvalue weighted by Gasteiger charge is 2.22. The van der Waals surface area contributed by atoms with E-state index in [0.717, 1.165) is 22.3 Å². The first-order chi connectivity index (χ1) is 11.8. The Morgan fingerprint density at radius 1 is 1.12 bits per heavy atom. The van der Waals surface area contributed by atoms with Gasteiger partial charge in [0.1, 0.15) is 0 Å². The molecule has 0 aliphatic rings. The van der Waals surface area contributed by atoms with Crippen LogP contribution in [0.4, 0.5) is 0 Å². The third-order valence-electron chi connectivity index (χ3n) is 4.77. The number of nitrogens with one attached hydrogen (secondary N) is 1. The van der Waals surface area contributed by atoms with Crippen LogP contribution in [0.2, 0.25) is 0 Å². The Bertz CT molecular complexity index is 785. The van der Waals surface area contributed by atoms with E-state index in [2.05, 4.69) is 4.72 Å². The van der Waals surface area contributed by atoms with Gasteiger partial charge in [-0.1, -0.05) is 12.1 Å². The number of rotatable bonds is 8. The highest BCUT2D eigenvalue weighted by Crippen LogP contribution is 2.28. The average Bonchev–Trinajstić information content (AvgIpc) is 3.06. The summed E-state index contributed by atoms with van der Waals surface area (Å²) in [4.78, 5) is 1.59. The Balaban J connectivity index is 2.15. The zero-order chi connectivity index (χ0) is 18.6. The Hall–Kier alpha value is -1.21. The van der Waals surface area contributed by atoms with Gasteiger partial charge in [-0.3, -0.25) is 0 Å². The van der Waals surface area contributed by atoms with Gasteiger partial charge in [-0.2, -0.15) is 0 Å². The molecule has 0 aliphatic heterocycles. The Labute approximate surface area is 155 Å². The first-order valence-electron chi connectivity index (χ1n) is 8.49. The molecule has 0 spiro atoms. The van der Waals surface area contributed by atoms with E-state index in [4.69, 9.17) is 0 Å². The van der Waals surface area contributed by atoms with Gasteiger partial charge in [0.15, 0.2) is 0 Å². The van der Waals surface area contributed by atoms with Gasteiger partial charge in [0.05, 0.1) is 4.90 Å². The first kappa shape index (κ1) is 20.1. The second-order valence-electron chi connectivity index (χ2n) is 6.50. The van der Waals surface area contributed by atoms with Crippen molar-refractivity contribution in [3.05, 3.63) is 50.7 Å². The van der Waals surface area contributed by atoms with E-state index < -0.39 is 10.0 Å². The van der Waals surface area contributed by atoms with Crippen LogP contribution < -0.4 is 4.72 Å². The summed E-state index contributed by atoms with van der Waals surface area (Å²) >= 11 is 1.65. The van der Waals surface area contributed by atoms with E-state index >= 15 is 0 Å². The zero-order valence-corrected chi connectivity index (χ0v) is 16.9. The van der Waals surface area contributed by atoms with Gasteiger partial charge in [0, 0.05) is 18.0 Å². The van der Waals surface area contributed by atoms with Crippen molar-refractivity contribution in [2.24, 2.45) is 0 Å². The lowest BCUT2D eigenvalue weighted by molar-refractivity contribution is 0.273. The van der Waals surface area contributed by atoms with Crippen LogP contribution in [-0.4, -0.2) is 26.7 Å². The number of hydrogen-bond acceptors (Lipinski definition) is 4. The molecule has 1 atom stereocenters. The summed E-state index contributed by atoms with van der Waals surface area (Å²) in [6.07, 6.45) is 1.31. The standard InChI is InChI=1S/C19H27NO3S2/c1-13-12-14(2)16(4)19(15(13)3)25(22,23)20-9-7-17(8-10-21)18-6-5-11-24-18/h5-6,11-12,17,20-21H,7-10H2,1-4H3. The molecule has 2 N–H and O–H groups in total. The molecule has 6 heteroatoms. The molecule has 1 unspecified atom stereocenters. The molecule has 0 saturated carbocycles. The van der Waals surface area contributed by atoms with Crippen molar-refractivity contribution in [1.82, 2.24) is 4.72 Å². The number of benzene rings is 1. The SMILES string of the molecule is Cc1cc(C)c(C)c(S(=O)(=O)NCCC(CCO)c2cccs2)c1C. The molecule has 0 saturated heterocycles. The largest absolute Gasteiger partial charge is 0.396 e. The minimum atomic E-state index is -3.56. The predicted octanol–water partition coefficient (Wildman–Crippen LogP) is 3.82. The molecule has 2 aromatic rings.